The van der Waals surface area contributed by atoms with Gasteiger partial charge in [0, 0.05) is 6.20 Å². The minimum absolute atomic E-state index is 0.105. The van der Waals surface area contributed by atoms with Crippen LogP contribution in [0.2, 0.25) is 0 Å². The molecule has 0 atom stereocenters. The third-order valence-electron chi connectivity index (χ3n) is 4.79. The Morgan fingerprint density at radius 3 is 1.97 bits per heavy atom. The molecule has 2 rings (SSSR count). The first kappa shape index (κ1) is 28.0. The largest absolute Gasteiger partial charge is 0.438 e. The van der Waals surface area contributed by atoms with Crippen molar-refractivity contribution in [3.63, 3.8) is 0 Å². The first-order valence-corrected chi connectivity index (χ1v) is 12.5. The number of aromatic nitrogens is 2. The molecule has 192 valence electrons. The van der Waals surface area contributed by atoms with E-state index in [4.69, 9.17) is 29.0 Å². The van der Waals surface area contributed by atoms with Crippen molar-refractivity contribution in [1.29, 1.82) is 0 Å². The summed E-state index contributed by atoms with van der Waals surface area (Å²) in [5.41, 5.74) is 2.64. The number of nitrogen functional groups attached to an aromatic ring is 1. The Hall–Kier alpha value is -2.27. The van der Waals surface area contributed by atoms with Crippen molar-refractivity contribution in [2.45, 2.75) is 66.5 Å². The number of esters is 2. The monoisotopic (exact) mass is 503 g/mol. The lowest BCUT2D eigenvalue weighted by molar-refractivity contribution is -0.162. The average molecular weight is 503 g/mol. The Morgan fingerprint density at radius 2 is 1.56 bits per heavy atom. The van der Waals surface area contributed by atoms with E-state index in [-0.39, 0.29) is 12.4 Å². The summed E-state index contributed by atoms with van der Waals surface area (Å²) in [5.74, 6) is -1.02. The van der Waals surface area contributed by atoms with Crippen LogP contribution in [0.5, 0.6) is 0 Å². The molecule has 0 spiro atoms. The maximum atomic E-state index is 13.3. The van der Waals surface area contributed by atoms with Crippen LogP contribution < -0.4 is 11.4 Å². The molecule has 0 aromatic carbocycles. The van der Waals surface area contributed by atoms with Crippen molar-refractivity contribution in [3.05, 3.63) is 22.7 Å². The molecule has 0 bridgehead atoms. The standard InChI is InChI=1S/C21H34N3O9P/c1-19(2,3)16(25)29-12-32-34(28,33-13-30-17(26)20(4,5)6)14-31-21(8-9-21)11-24-10-7-15(22)23-18(24)27/h7,10H,8-9,11-14H2,1-6H3,(H2,22,23,27). The van der Waals surface area contributed by atoms with Crippen molar-refractivity contribution in [2.24, 2.45) is 10.8 Å². The van der Waals surface area contributed by atoms with Crippen LogP contribution in [0.15, 0.2) is 17.1 Å². The lowest BCUT2D eigenvalue weighted by Gasteiger charge is -2.24. The lowest BCUT2D eigenvalue weighted by atomic mass is 9.98. The Balaban J connectivity index is 2.02. The minimum atomic E-state index is -4.02. The predicted octanol–water partition coefficient (Wildman–Crippen LogP) is 2.65. The summed E-state index contributed by atoms with van der Waals surface area (Å²) < 4.78 is 41.0. The molecular weight excluding hydrogens is 469 g/mol. The molecule has 1 aromatic heterocycles. The molecule has 13 heteroatoms. The summed E-state index contributed by atoms with van der Waals surface area (Å²) >= 11 is 0. The van der Waals surface area contributed by atoms with Gasteiger partial charge in [-0.2, -0.15) is 4.98 Å². The van der Waals surface area contributed by atoms with E-state index in [1.165, 1.54) is 16.8 Å². The summed E-state index contributed by atoms with van der Waals surface area (Å²) in [5, 5.41) is 0. The molecule has 2 N–H and O–H groups in total. The zero-order valence-electron chi connectivity index (χ0n) is 20.5. The molecule has 1 aromatic rings. The topological polar surface area (TPSA) is 158 Å². The highest BCUT2D eigenvalue weighted by molar-refractivity contribution is 7.53. The Kier molecular flexibility index (Phi) is 8.68. The molecule has 12 nitrogen and oxygen atoms in total. The minimum Gasteiger partial charge on any atom is -0.438 e. The number of carbonyl (C=O) groups excluding carboxylic acids is 2. The molecule has 1 heterocycles. The van der Waals surface area contributed by atoms with Crippen molar-refractivity contribution in [3.8, 4) is 0 Å². The van der Waals surface area contributed by atoms with Crippen LogP contribution in [0.1, 0.15) is 54.4 Å². The summed E-state index contributed by atoms with van der Waals surface area (Å²) in [6.45, 7) is 8.83. The van der Waals surface area contributed by atoms with Gasteiger partial charge < -0.3 is 19.9 Å². The molecule has 34 heavy (non-hydrogen) atoms. The van der Waals surface area contributed by atoms with Gasteiger partial charge in [0.05, 0.1) is 23.0 Å². The van der Waals surface area contributed by atoms with Crippen LogP contribution in [0.3, 0.4) is 0 Å². The van der Waals surface area contributed by atoms with E-state index in [1.807, 2.05) is 0 Å². The van der Waals surface area contributed by atoms with Gasteiger partial charge in [-0.3, -0.25) is 27.8 Å². The SMILES string of the molecule is CC(C)(C)C(=O)OCOP(=O)(COC1(Cn2ccc(N)nc2=O)CC1)OCOC(=O)C(C)(C)C. The fraction of sp³-hybridized carbons (Fsp3) is 0.714. The molecular formula is C21H34N3O9P. The highest BCUT2D eigenvalue weighted by Crippen LogP contribution is 2.52. The first-order chi connectivity index (χ1) is 15.6. The predicted molar refractivity (Wildman–Crippen MR) is 121 cm³/mol. The number of hydrogen-bond donors (Lipinski definition) is 1. The first-order valence-electron chi connectivity index (χ1n) is 10.7. The summed E-state index contributed by atoms with van der Waals surface area (Å²) in [6, 6.07) is 1.49. The molecule has 0 aliphatic heterocycles. The normalized spacial score (nSPS) is 15.6. The van der Waals surface area contributed by atoms with Gasteiger partial charge in [-0.05, 0) is 60.5 Å². The molecule has 0 amide bonds. The van der Waals surface area contributed by atoms with E-state index in [0.29, 0.717) is 12.8 Å². The highest BCUT2D eigenvalue weighted by Gasteiger charge is 2.47. The zero-order chi connectivity index (χ0) is 25.8. The van der Waals surface area contributed by atoms with Crippen LogP contribution in [0, 0.1) is 10.8 Å². The highest BCUT2D eigenvalue weighted by atomic mass is 31.2. The fourth-order valence-corrected chi connectivity index (χ4v) is 3.52. The number of nitrogens with two attached hydrogens (primary N) is 1. The van der Waals surface area contributed by atoms with E-state index in [0.717, 1.165) is 0 Å². The van der Waals surface area contributed by atoms with E-state index in [9.17, 15) is 18.9 Å². The second kappa shape index (κ2) is 10.6. The van der Waals surface area contributed by atoms with Gasteiger partial charge in [-0.1, -0.05) is 0 Å². The van der Waals surface area contributed by atoms with E-state index >= 15 is 0 Å². The molecule has 1 aliphatic rings. The Labute approximate surface area is 198 Å². The average Bonchev–Trinajstić information content (AvgIpc) is 3.47. The van der Waals surface area contributed by atoms with Crippen molar-refractivity contribution in [2.75, 3.05) is 25.7 Å². The second-order valence-electron chi connectivity index (χ2n) is 10.2. The van der Waals surface area contributed by atoms with Crippen molar-refractivity contribution >= 4 is 25.4 Å². The summed E-state index contributed by atoms with van der Waals surface area (Å²) in [6.07, 6.45) is 2.19. The van der Waals surface area contributed by atoms with Gasteiger partial charge in [0.15, 0.2) is 0 Å². The van der Waals surface area contributed by atoms with Crippen LogP contribution in [0.25, 0.3) is 0 Å². The molecule has 0 unspecified atom stereocenters. The van der Waals surface area contributed by atoms with Crippen LogP contribution in [-0.4, -0.2) is 47.0 Å². The van der Waals surface area contributed by atoms with Crippen LogP contribution in [-0.2, 0) is 44.0 Å². The molecule has 1 saturated carbocycles. The maximum absolute atomic E-state index is 13.3. The molecule has 0 saturated heterocycles. The lowest BCUT2D eigenvalue weighted by Crippen LogP contribution is -2.31. The number of anilines is 1. The number of ether oxygens (including phenoxy) is 3. The van der Waals surface area contributed by atoms with Crippen LogP contribution in [0.4, 0.5) is 5.82 Å². The zero-order valence-corrected chi connectivity index (χ0v) is 21.4. The third kappa shape index (κ3) is 8.50. The number of hydrogen-bond acceptors (Lipinski definition) is 11. The van der Waals surface area contributed by atoms with Crippen LogP contribution >= 0.6 is 7.60 Å². The van der Waals surface area contributed by atoms with Gasteiger partial charge in [0.25, 0.3) is 0 Å². The maximum Gasteiger partial charge on any atom is 0.361 e. The Morgan fingerprint density at radius 1 is 1.06 bits per heavy atom. The number of carbonyl (C=O) groups is 2. The van der Waals surface area contributed by atoms with Gasteiger partial charge in [0.2, 0.25) is 13.6 Å². The third-order valence-corrected chi connectivity index (χ3v) is 6.24. The van der Waals surface area contributed by atoms with Gasteiger partial charge in [-0.15, -0.1) is 0 Å². The van der Waals surface area contributed by atoms with E-state index in [2.05, 4.69) is 4.98 Å². The van der Waals surface area contributed by atoms with Crippen molar-refractivity contribution < 1.29 is 37.4 Å². The van der Waals surface area contributed by atoms with E-state index in [1.54, 1.807) is 41.5 Å². The molecule has 1 fully saturated rings. The smallest absolute Gasteiger partial charge is 0.361 e. The quantitative estimate of drug-likeness (QED) is 0.269. The van der Waals surface area contributed by atoms with E-state index < -0.39 is 61.6 Å². The number of rotatable bonds is 11. The Bertz CT molecular complexity index is 954. The summed E-state index contributed by atoms with van der Waals surface area (Å²) in [7, 11) is -4.02. The molecule has 1 aliphatic carbocycles. The molecule has 0 radical (unpaired) electrons. The fourth-order valence-electron chi connectivity index (χ4n) is 2.44. The van der Waals surface area contributed by atoms with Gasteiger partial charge in [0.1, 0.15) is 12.2 Å². The van der Waals surface area contributed by atoms with Gasteiger partial charge >= 0.3 is 25.2 Å². The van der Waals surface area contributed by atoms with Crippen molar-refractivity contribution in [1.82, 2.24) is 9.55 Å². The number of nitrogens with zero attached hydrogens (tertiary/aromatic N) is 2. The second-order valence-corrected chi connectivity index (χ2v) is 12.2. The van der Waals surface area contributed by atoms with Gasteiger partial charge in [-0.25, -0.2) is 4.79 Å². The summed E-state index contributed by atoms with van der Waals surface area (Å²) in [4.78, 5) is 39.7.